The van der Waals surface area contributed by atoms with Gasteiger partial charge in [-0.05, 0) is 36.4 Å². The first-order chi connectivity index (χ1) is 10.8. The number of phenolic OH excluding ortho intramolecular Hbond substituents is 1. The molecule has 0 spiro atoms. The molecule has 3 rings (SSSR count). The Labute approximate surface area is 133 Å². The lowest BCUT2D eigenvalue weighted by Gasteiger charge is -2.12. The molecule has 0 aliphatic rings. The molecule has 0 bridgehead atoms. The van der Waals surface area contributed by atoms with Gasteiger partial charge in [-0.3, -0.25) is 0 Å². The quantitative estimate of drug-likeness (QED) is 0.719. The third-order valence-electron chi connectivity index (χ3n) is 3.34. The summed E-state index contributed by atoms with van der Waals surface area (Å²) < 4.78 is 5.46. The van der Waals surface area contributed by atoms with Crippen LogP contribution in [0.5, 0.6) is 11.5 Å². The zero-order valence-corrected chi connectivity index (χ0v) is 13.1. The summed E-state index contributed by atoms with van der Waals surface area (Å²) in [6.45, 7) is 0. The van der Waals surface area contributed by atoms with Crippen molar-refractivity contribution in [2.75, 3.05) is 7.11 Å². The number of methoxy groups -OCH3 is 1. The molecule has 0 heterocycles. The van der Waals surface area contributed by atoms with Gasteiger partial charge in [-0.25, -0.2) is 0 Å². The van der Waals surface area contributed by atoms with E-state index < -0.39 is 0 Å². The van der Waals surface area contributed by atoms with Gasteiger partial charge in [0.05, 0.1) is 7.11 Å². The van der Waals surface area contributed by atoms with Gasteiger partial charge in [-0.15, -0.1) is 0 Å². The maximum absolute atomic E-state index is 10.1. The summed E-state index contributed by atoms with van der Waals surface area (Å²) in [5, 5.41) is 10.1. The topological polar surface area (TPSA) is 29.5 Å². The average molecular weight is 309 g/mol. The van der Waals surface area contributed by atoms with Gasteiger partial charge in [0.15, 0.2) is 15.5 Å². The minimum absolute atomic E-state index is 0.171. The molecular weight excluding hydrogens is 292 g/mol. The zero-order valence-electron chi connectivity index (χ0n) is 12.3. The van der Waals surface area contributed by atoms with Crippen molar-refractivity contribution in [2.24, 2.45) is 0 Å². The van der Waals surface area contributed by atoms with Crippen molar-refractivity contribution in [2.45, 2.75) is 14.7 Å². The van der Waals surface area contributed by atoms with Gasteiger partial charge in [0.2, 0.25) is 10.6 Å². The van der Waals surface area contributed by atoms with Crippen molar-refractivity contribution in [1.82, 2.24) is 0 Å². The summed E-state index contributed by atoms with van der Waals surface area (Å²) in [6, 6.07) is 26.1. The SMILES string of the molecule is COc1c(O)cccc1[S+](c1ccccc1)c1ccccc1. The van der Waals surface area contributed by atoms with E-state index in [1.807, 2.05) is 48.5 Å². The highest BCUT2D eigenvalue weighted by atomic mass is 32.2. The van der Waals surface area contributed by atoms with Crippen LogP contribution in [0.1, 0.15) is 0 Å². The minimum Gasteiger partial charge on any atom is -0.504 e. The molecular formula is C19H17O2S+. The summed E-state index contributed by atoms with van der Waals surface area (Å²) in [4.78, 5) is 3.37. The molecule has 3 aromatic carbocycles. The fourth-order valence-corrected chi connectivity index (χ4v) is 4.60. The van der Waals surface area contributed by atoms with Gasteiger partial charge in [-0.1, -0.05) is 42.5 Å². The lowest BCUT2D eigenvalue weighted by atomic mass is 10.3. The molecule has 3 aromatic rings. The standard InChI is InChI=1S/C19H16O2S/c1-21-19-17(20)13-8-14-18(19)22(15-9-4-2-5-10-15)16-11-6-3-7-12-16/h2-14H,1H3/p+1. The third kappa shape index (κ3) is 2.81. The molecule has 3 heteroatoms. The maximum atomic E-state index is 10.1. The van der Waals surface area contributed by atoms with Crippen molar-refractivity contribution in [1.29, 1.82) is 0 Å². The molecule has 1 N–H and O–H groups in total. The molecule has 0 aliphatic carbocycles. The Bertz CT molecular complexity index is 702. The Kier molecular flexibility index (Phi) is 4.35. The van der Waals surface area contributed by atoms with Crippen LogP contribution >= 0.6 is 0 Å². The summed E-state index contributed by atoms with van der Waals surface area (Å²) in [5.74, 6) is 0.711. The second kappa shape index (κ2) is 6.58. The largest absolute Gasteiger partial charge is 0.504 e. The molecule has 0 atom stereocenters. The highest BCUT2D eigenvalue weighted by molar-refractivity contribution is 7.97. The van der Waals surface area contributed by atoms with Crippen LogP contribution in [-0.4, -0.2) is 12.2 Å². The number of hydrogen-bond donors (Lipinski definition) is 1. The van der Waals surface area contributed by atoms with Gasteiger partial charge < -0.3 is 9.84 Å². The molecule has 0 radical (unpaired) electrons. The number of aromatic hydroxyl groups is 1. The second-order valence-electron chi connectivity index (χ2n) is 4.74. The normalized spacial score (nSPS) is 10.6. The van der Waals surface area contributed by atoms with E-state index in [4.69, 9.17) is 4.74 Å². The summed E-state index contributed by atoms with van der Waals surface area (Å²) >= 11 is 0. The monoisotopic (exact) mass is 309 g/mol. The average Bonchev–Trinajstić information content (AvgIpc) is 2.57. The molecule has 0 unspecified atom stereocenters. The predicted molar refractivity (Wildman–Crippen MR) is 89.7 cm³/mol. The van der Waals surface area contributed by atoms with Gasteiger partial charge in [-0.2, -0.15) is 0 Å². The van der Waals surface area contributed by atoms with Crippen LogP contribution in [-0.2, 0) is 10.9 Å². The first kappa shape index (κ1) is 14.5. The van der Waals surface area contributed by atoms with E-state index in [9.17, 15) is 5.11 Å². The Morgan fingerprint density at radius 3 is 1.77 bits per heavy atom. The highest BCUT2D eigenvalue weighted by Crippen LogP contribution is 2.40. The van der Waals surface area contributed by atoms with E-state index in [-0.39, 0.29) is 16.6 Å². The Hall–Kier alpha value is -2.39. The summed E-state index contributed by atoms with van der Waals surface area (Å²) in [5.41, 5.74) is 0. The number of benzene rings is 3. The fourth-order valence-electron chi connectivity index (χ4n) is 2.37. The van der Waals surface area contributed by atoms with Gasteiger partial charge in [0.25, 0.3) is 0 Å². The van der Waals surface area contributed by atoms with Crippen LogP contribution in [0.4, 0.5) is 0 Å². The van der Waals surface area contributed by atoms with Crippen LogP contribution < -0.4 is 4.74 Å². The smallest absolute Gasteiger partial charge is 0.217 e. The van der Waals surface area contributed by atoms with Gasteiger partial charge in [0.1, 0.15) is 10.9 Å². The minimum atomic E-state index is -0.321. The van der Waals surface area contributed by atoms with Crippen LogP contribution in [0, 0.1) is 0 Å². The van der Waals surface area contributed by atoms with Gasteiger partial charge in [0, 0.05) is 0 Å². The van der Waals surface area contributed by atoms with Crippen LogP contribution in [0.3, 0.4) is 0 Å². The molecule has 22 heavy (non-hydrogen) atoms. The number of ether oxygens (including phenoxy) is 1. The zero-order chi connectivity index (χ0) is 15.4. The Morgan fingerprint density at radius 2 is 1.27 bits per heavy atom. The van der Waals surface area contributed by atoms with E-state index >= 15 is 0 Å². The van der Waals surface area contributed by atoms with Crippen molar-refractivity contribution >= 4 is 10.9 Å². The molecule has 0 amide bonds. The van der Waals surface area contributed by atoms with Gasteiger partial charge >= 0.3 is 0 Å². The number of hydrogen-bond acceptors (Lipinski definition) is 2. The summed E-state index contributed by atoms with van der Waals surface area (Å²) in [7, 11) is 1.27. The molecule has 0 aliphatic heterocycles. The molecule has 0 aromatic heterocycles. The fraction of sp³-hybridized carbons (Fsp3) is 0.0526. The number of para-hydroxylation sites is 1. The lowest BCUT2D eigenvalue weighted by Crippen LogP contribution is -2.06. The van der Waals surface area contributed by atoms with Crippen LogP contribution in [0.25, 0.3) is 0 Å². The highest BCUT2D eigenvalue weighted by Gasteiger charge is 2.32. The van der Waals surface area contributed by atoms with Crippen molar-refractivity contribution in [3.8, 4) is 11.5 Å². The summed E-state index contributed by atoms with van der Waals surface area (Å²) in [6.07, 6.45) is 0. The van der Waals surface area contributed by atoms with Crippen molar-refractivity contribution in [3.05, 3.63) is 78.9 Å². The third-order valence-corrected chi connectivity index (χ3v) is 5.59. The second-order valence-corrected chi connectivity index (χ2v) is 6.74. The predicted octanol–water partition coefficient (Wildman–Crippen LogP) is 4.50. The van der Waals surface area contributed by atoms with E-state index in [2.05, 4.69) is 24.3 Å². The van der Waals surface area contributed by atoms with Crippen LogP contribution in [0.15, 0.2) is 93.5 Å². The van der Waals surface area contributed by atoms with Crippen molar-refractivity contribution in [3.63, 3.8) is 0 Å². The number of rotatable bonds is 4. The molecule has 110 valence electrons. The van der Waals surface area contributed by atoms with E-state index in [1.165, 1.54) is 9.79 Å². The van der Waals surface area contributed by atoms with E-state index in [0.717, 1.165) is 4.90 Å². The molecule has 0 fully saturated rings. The Morgan fingerprint density at radius 1 is 0.727 bits per heavy atom. The lowest BCUT2D eigenvalue weighted by molar-refractivity contribution is 0.364. The van der Waals surface area contributed by atoms with E-state index in [1.54, 1.807) is 13.2 Å². The first-order valence-electron chi connectivity index (χ1n) is 7.01. The van der Waals surface area contributed by atoms with Crippen molar-refractivity contribution < 1.29 is 9.84 Å². The maximum Gasteiger partial charge on any atom is 0.217 e. The first-order valence-corrected chi connectivity index (χ1v) is 8.24. The number of phenols is 1. The van der Waals surface area contributed by atoms with Crippen LogP contribution in [0.2, 0.25) is 0 Å². The molecule has 0 saturated carbocycles. The Balaban J connectivity index is 2.21. The van der Waals surface area contributed by atoms with E-state index in [0.29, 0.717) is 5.75 Å². The molecule has 2 nitrogen and oxygen atoms in total. The molecule has 0 saturated heterocycles.